The summed E-state index contributed by atoms with van der Waals surface area (Å²) >= 11 is 0. The van der Waals surface area contributed by atoms with Crippen molar-refractivity contribution in [1.29, 1.82) is 0 Å². The highest BCUT2D eigenvalue weighted by Crippen LogP contribution is 2.49. The molecule has 4 unspecified atom stereocenters. The summed E-state index contributed by atoms with van der Waals surface area (Å²) in [6.45, 7) is 4.57. The van der Waals surface area contributed by atoms with Crippen molar-refractivity contribution in [2.75, 3.05) is 13.2 Å². The quantitative estimate of drug-likeness (QED) is 0.421. The van der Waals surface area contributed by atoms with Crippen molar-refractivity contribution in [1.82, 2.24) is 0 Å². The third kappa shape index (κ3) is 2.64. The fourth-order valence-corrected chi connectivity index (χ4v) is 2.99. The van der Waals surface area contributed by atoms with E-state index in [4.69, 9.17) is 9.47 Å². The number of cyclic esters (lactones) is 1. The highest BCUT2D eigenvalue weighted by Gasteiger charge is 2.50. The smallest absolute Gasteiger partial charge is 0.308 e. The molecule has 2 fully saturated rings. The van der Waals surface area contributed by atoms with Crippen LogP contribution in [0.3, 0.4) is 0 Å². The van der Waals surface area contributed by atoms with Gasteiger partial charge in [-0.05, 0) is 6.42 Å². The fourth-order valence-electron chi connectivity index (χ4n) is 2.99. The zero-order valence-electron chi connectivity index (χ0n) is 10.3. The predicted molar refractivity (Wildman–Crippen MR) is 62.7 cm³/mol. The fraction of sp³-hybridized carbons (Fsp3) is 0.833. The first-order valence-electron chi connectivity index (χ1n) is 6.24. The van der Waals surface area contributed by atoms with Crippen LogP contribution in [0.5, 0.6) is 0 Å². The summed E-state index contributed by atoms with van der Waals surface area (Å²) in [5.74, 6) is 0.856. The second kappa shape index (κ2) is 5.11. The van der Waals surface area contributed by atoms with Gasteiger partial charge in [-0.25, -0.2) is 0 Å². The highest BCUT2D eigenvalue weighted by atomic mass is 16.5. The molecule has 4 atom stereocenters. The molecule has 0 aliphatic carbocycles. The van der Waals surface area contributed by atoms with Gasteiger partial charge in [0.05, 0.1) is 19.1 Å². The molecule has 0 bridgehead atoms. The largest absolute Gasteiger partial charge is 0.466 e. The molecule has 0 spiro atoms. The number of ether oxygens (including phenoxy) is 2. The van der Waals surface area contributed by atoms with Gasteiger partial charge in [-0.15, -0.1) is 0 Å². The average Bonchev–Trinajstić information content (AvgIpc) is 2.77. The molecule has 2 aliphatic rings. The van der Waals surface area contributed by atoms with E-state index >= 15 is 0 Å². The molecule has 0 saturated carbocycles. The van der Waals surface area contributed by atoms with Crippen molar-refractivity contribution in [2.45, 2.75) is 38.3 Å². The van der Waals surface area contributed by atoms with Crippen LogP contribution in [0.2, 0.25) is 11.6 Å². The van der Waals surface area contributed by atoms with E-state index in [0.717, 1.165) is 12.8 Å². The minimum absolute atomic E-state index is 0.0438. The molecule has 2 saturated heterocycles. The molecule has 0 aromatic rings. The molecule has 5 heteroatoms. The lowest BCUT2D eigenvalue weighted by molar-refractivity contribution is -0.142. The molecule has 0 aromatic carbocycles. The molecule has 0 amide bonds. The van der Waals surface area contributed by atoms with Gasteiger partial charge in [0.25, 0.3) is 0 Å². The van der Waals surface area contributed by atoms with Crippen molar-refractivity contribution in [3.8, 4) is 0 Å². The van der Waals surface area contributed by atoms with E-state index in [0.29, 0.717) is 30.8 Å². The average molecular weight is 237 g/mol. The number of fused-ring (bicyclic) bond motifs is 1. The monoisotopic (exact) mass is 237 g/mol. The lowest BCUT2D eigenvalue weighted by Gasteiger charge is -2.14. The Morgan fingerprint density at radius 3 is 3.06 bits per heavy atom. The number of carbonyl (C=O) groups is 2. The van der Waals surface area contributed by atoms with Gasteiger partial charge in [0.15, 0.2) is 0 Å². The Kier molecular flexibility index (Phi) is 3.74. The lowest BCUT2D eigenvalue weighted by Crippen LogP contribution is -2.16. The highest BCUT2D eigenvalue weighted by molar-refractivity contribution is 6.42. The SMILES string of the molecule is CC(=O)OCCCC1[B]C(C)C2COC(=O)C12. The molecular formula is C12H18BO4. The van der Waals surface area contributed by atoms with Crippen molar-refractivity contribution in [3.05, 3.63) is 0 Å². The summed E-state index contributed by atoms with van der Waals surface area (Å²) in [6, 6.07) is 0. The van der Waals surface area contributed by atoms with Gasteiger partial charge in [-0.2, -0.15) is 0 Å². The summed E-state index contributed by atoms with van der Waals surface area (Å²) in [7, 11) is 2.27. The van der Waals surface area contributed by atoms with E-state index in [1.165, 1.54) is 6.92 Å². The first-order valence-corrected chi connectivity index (χ1v) is 6.24. The van der Waals surface area contributed by atoms with Gasteiger partial charge in [0.1, 0.15) is 7.28 Å². The Morgan fingerprint density at radius 2 is 2.35 bits per heavy atom. The summed E-state index contributed by atoms with van der Waals surface area (Å²) in [6.07, 6.45) is 1.71. The Bertz CT molecular complexity index is 318. The third-order valence-corrected chi connectivity index (χ3v) is 3.83. The summed E-state index contributed by atoms with van der Waals surface area (Å²) in [4.78, 5) is 22.2. The van der Waals surface area contributed by atoms with E-state index < -0.39 is 0 Å². The van der Waals surface area contributed by atoms with Gasteiger partial charge in [-0.1, -0.05) is 25.0 Å². The molecular weight excluding hydrogens is 219 g/mol. The Balaban J connectivity index is 1.81. The van der Waals surface area contributed by atoms with Crippen LogP contribution >= 0.6 is 0 Å². The van der Waals surface area contributed by atoms with Gasteiger partial charge >= 0.3 is 11.9 Å². The maximum Gasteiger partial charge on any atom is 0.308 e. The number of hydrogen-bond donors (Lipinski definition) is 0. The van der Waals surface area contributed by atoms with Crippen LogP contribution in [0.1, 0.15) is 26.7 Å². The van der Waals surface area contributed by atoms with Crippen LogP contribution in [0.15, 0.2) is 0 Å². The minimum atomic E-state index is -0.244. The molecule has 2 aliphatic heterocycles. The Hall–Kier alpha value is -0.995. The number of rotatable bonds is 4. The molecule has 4 nitrogen and oxygen atoms in total. The third-order valence-electron chi connectivity index (χ3n) is 3.83. The van der Waals surface area contributed by atoms with E-state index in [-0.39, 0.29) is 17.9 Å². The van der Waals surface area contributed by atoms with Gasteiger partial charge in [0.2, 0.25) is 0 Å². The summed E-state index contributed by atoms with van der Waals surface area (Å²) in [5.41, 5.74) is 0. The molecule has 93 valence electrons. The normalized spacial score (nSPS) is 35.1. The van der Waals surface area contributed by atoms with Crippen LogP contribution in [0, 0.1) is 11.8 Å². The van der Waals surface area contributed by atoms with Crippen LogP contribution < -0.4 is 0 Å². The van der Waals surface area contributed by atoms with Gasteiger partial charge in [-0.3, -0.25) is 9.59 Å². The van der Waals surface area contributed by atoms with E-state index in [1.807, 2.05) is 0 Å². The van der Waals surface area contributed by atoms with Crippen LogP contribution in [0.4, 0.5) is 0 Å². The van der Waals surface area contributed by atoms with Crippen molar-refractivity contribution in [2.24, 2.45) is 11.8 Å². The molecule has 17 heavy (non-hydrogen) atoms. The second-order valence-corrected chi connectivity index (χ2v) is 5.02. The zero-order valence-corrected chi connectivity index (χ0v) is 10.3. The molecule has 2 heterocycles. The van der Waals surface area contributed by atoms with Crippen molar-refractivity contribution >= 4 is 19.2 Å². The molecule has 2 rings (SSSR count). The molecule has 0 N–H and O–H groups in total. The van der Waals surface area contributed by atoms with Gasteiger partial charge < -0.3 is 9.47 Å². The summed E-state index contributed by atoms with van der Waals surface area (Å²) in [5, 5.41) is 0. The first-order chi connectivity index (χ1) is 8.09. The standard InChI is InChI=1S/C12H18BO4/c1-7-9-6-17-12(15)11(9)10(13-7)4-3-5-16-8(2)14/h7,9-11H,3-6H2,1-2H3. The van der Waals surface area contributed by atoms with Crippen molar-refractivity contribution in [3.63, 3.8) is 0 Å². The zero-order chi connectivity index (χ0) is 12.4. The minimum Gasteiger partial charge on any atom is -0.466 e. The molecule has 0 aromatic heterocycles. The topological polar surface area (TPSA) is 52.6 Å². The second-order valence-electron chi connectivity index (χ2n) is 5.02. The number of esters is 2. The lowest BCUT2D eigenvalue weighted by atomic mass is 9.58. The Morgan fingerprint density at radius 1 is 1.59 bits per heavy atom. The van der Waals surface area contributed by atoms with Crippen LogP contribution in [0.25, 0.3) is 0 Å². The van der Waals surface area contributed by atoms with Crippen LogP contribution in [-0.4, -0.2) is 32.4 Å². The van der Waals surface area contributed by atoms with E-state index in [9.17, 15) is 9.59 Å². The van der Waals surface area contributed by atoms with E-state index in [2.05, 4.69) is 14.2 Å². The maximum atomic E-state index is 11.6. The van der Waals surface area contributed by atoms with E-state index in [1.54, 1.807) is 0 Å². The van der Waals surface area contributed by atoms with Gasteiger partial charge in [0, 0.05) is 12.8 Å². The Labute approximate surface area is 102 Å². The predicted octanol–water partition coefficient (Wildman–Crippen LogP) is 1.43. The van der Waals surface area contributed by atoms with Crippen LogP contribution in [-0.2, 0) is 19.1 Å². The molecule has 1 radical (unpaired) electrons. The number of carbonyl (C=O) groups excluding carboxylic acids is 2. The van der Waals surface area contributed by atoms with Crippen molar-refractivity contribution < 1.29 is 19.1 Å². The summed E-state index contributed by atoms with van der Waals surface area (Å²) < 4.78 is 10.0. The number of hydrogen-bond acceptors (Lipinski definition) is 4. The maximum absolute atomic E-state index is 11.6. The first kappa shape index (κ1) is 12.5.